The molecule has 0 aliphatic heterocycles. The van der Waals surface area contributed by atoms with Crippen LogP contribution in [0.2, 0.25) is 0 Å². The van der Waals surface area contributed by atoms with Gasteiger partial charge in [-0.25, -0.2) is 4.79 Å². The van der Waals surface area contributed by atoms with Crippen molar-refractivity contribution in [2.24, 2.45) is 0 Å². The van der Waals surface area contributed by atoms with Crippen molar-refractivity contribution < 1.29 is 37.3 Å². The minimum absolute atomic E-state index is 0.0862. The predicted molar refractivity (Wildman–Crippen MR) is 78.4 cm³/mol. The average molecular weight is 347 g/mol. The van der Waals surface area contributed by atoms with Crippen LogP contribution in [-0.2, 0) is 14.3 Å². The first-order chi connectivity index (χ1) is 11.1. The van der Waals surface area contributed by atoms with E-state index in [2.05, 4.69) is 0 Å². The standard InChI is InChI=1S/C15H16F3NO5/c1-9-3-4-12(24-8-23-2)10(5-9)6-11(13(20)21)7-19-14(22)15(16,17)18/h3-6H,7-8H2,1-2H3,(H,19,22)(H,20,21). The number of carbonyl (C=O) groups is 2. The normalized spacial score (nSPS) is 12.0. The number of carboxylic acids is 1. The molecular weight excluding hydrogens is 331 g/mol. The van der Waals surface area contributed by atoms with Gasteiger partial charge < -0.3 is 19.9 Å². The van der Waals surface area contributed by atoms with E-state index in [0.29, 0.717) is 11.3 Å². The Morgan fingerprint density at radius 1 is 1.33 bits per heavy atom. The number of aryl methyl sites for hydroxylation is 1. The molecule has 1 aromatic carbocycles. The first kappa shape index (κ1) is 19.5. The van der Waals surface area contributed by atoms with E-state index in [4.69, 9.17) is 14.6 Å². The van der Waals surface area contributed by atoms with E-state index in [-0.39, 0.29) is 6.79 Å². The molecule has 0 saturated heterocycles. The van der Waals surface area contributed by atoms with Crippen LogP contribution in [0.15, 0.2) is 23.8 Å². The van der Waals surface area contributed by atoms with Gasteiger partial charge >= 0.3 is 18.1 Å². The van der Waals surface area contributed by atoms with E-state index in [0.717, 1.165) is 11.6 Å². The lowest BCUT2D eigenvalue weighted by molar-refractivity contribution is -0.173. The summed E-state index contributed by atoms with van der Waals surface area (Å²) in [5.41, 5.74) is 0.696. The van der Waals surface area contributed by atoms with Crippen LogP contribution in [0.3, 0.4) is 0 Å². The maximum Gasteiger partial charge on any atom is 0.471 e. The topological polar surface area (TPSA) is 84.9 Å². The summed E-state index contributed by atoms with van der Waals surface area (Å²) < 4.78 is 46.5. The van der Waals surface area contributed by atoms with E-state index in [9.17, 15) is 22.8 Å². The van der Waals surface area contributed by atoms with Crippen LogP contribution in [0.5, 0.6) is 5.75 Å². The van der Waals surface area contributed by atoms with Crippen LogP contribution in [0.1, 0.15) is 11.1 Å². The highest BCUT2D eigenvalue weighted by Gasteiger charge is 2.38. The molecule has 0 fully saturated rings. The smallest absolute Gasteiger partial charge is 0.471 e. The summed E-state index contributed by atoms with van der Waals surface area (Å²) in [4.78, 5) is 22.0. The third kappa shape index (κ3) is 5.92. The molecule has 0 spiro atoms. The number of hydrogen-bond acceptors (Lipinski definition) is 4. The maximum atomic E-state index is 12.2. The van der Waals surface area contributed by atoms with Crippen molar-refractivity contribution in [3.05, 3.63) is 34.9 Å². The number of amides is 1. The molecule has 0 heterocycles. The summed E-state index contributed by atoms with van der Waals surface area (Å²) >= 11 is 0. The second-order valence-electron chi connectivity index (χ2n) is 4.75. The van der Waals surface area contributed by atoms with Crippen LogP contribution < -0.4 is 10.1 Å². The number of carboxylic acid groups (broad SMARTS) is 1. The maximum absolute atomic E-state index is 12.2. The Kier molecular flexibility index (Phi) is 6.78. The lowest BCUT2D eigenvalue weighted by Gasteiger charge is -2.11. The number of nitrogens with one attached hydrogen (secondary N) is 1. The number of ether oxygens (including phenoxy) is 2. The molecule has 24 heavy (non-hydrogen) atoms. The van der Waals surface area contributed by atoms with E-state index in [1.165, 1.54) is 12.4 Å². The van der Waals surface area contributed by atoms with Crippen molar-refractivity contribution in [3.63, 3.8) is 0 Å². The first-order valence-electron chi connectivity index (χ1n) is 6.66. The van der Waals surface area contributed by atoms with Gasteiger partial charge in [-0.2, -0.15) is 13.2 Å². The Morgan fingerprint density at radius 3 is 2.54 bits per heavy atom. The van der Waals surface area contributed by atoms with Crippen LogP contribution in [0.25, 0.3) is 6.08 Å². The van der Waals surface area contributed by atoms with Crippen molar-refractivity contribution in [1.29, 1.82) is 0 Å². The van der Waals surface area contributed by atoms with Crippen molar-refractivity contribution >= 4 is 18.0 Å². The third-order valence-corrected chi connectivity index (χ3v) is 2.80. The molecule has 0 aliphatic rings. The first-order valence-corrected chi connectivity index (χ1v) is 6.66. The van der Waals surface area contributed by atoms with Crippen LogP contribution >= 0.6 is 0 Å². The molecule has 1 aromatic rings. The quantitative estimate of drug-likeness (QED) is 0.583. The van der Waals surface area contributed by atoms with Crippen molar-refractivity contribution in [2.75, 3.05) is 20.4 Å². The van der Waals surface area contributed by atoms with Crippen molar-refractivity contribution in [1.82, 2.24) is 5.32 Å². The van der Waals surface area contributed by atoms with Gasteiger partial charge in [-0.05, 0) is 25.1 Å². The van der Waals surface area contributed by atoms with Gasteiger partial charge in [0.2, 0.25) is 0 Å². The molecule has 1 rings (SSSR count). The lowest BCUT2D eigenvalue weighted by atomic mass is 10.1. The van der Waals surface area contributed by atoms with Crippen LogP contribution in [-0.4, -0.2) is 43.6 Å². The molecule has 0 aliphatic carbocycles. The lowest BCUT2D eigenvalue weighted by Crippen LogP contribution is -2.38. The van der Waals surface area contributed by atoms with Gasteiger partial charge in [0.15, 0.2) is 6.79 Å². The Balaban J connectivity index is 3.05. The number of methoxy groups -OCH3 is 1. The van der Waals surface area contributed by atoms with E-state index < -0.39 is 30.2 Å². The van der Waals surface area contributed by atoms with Gasteiger partial charge in [0.25, 0.3) is 0 Å². The van der Waals surface area contributed by atoms with Crippen LogP contribution in [0, 0.1) is 6.92 Å². The Morgan fingerprint density at radius 2 is 2.00 bits per heavy atom. The number of aliphatic carboxylic acids is 1. The second kappa shape index (κ2) is 8.34. The minimum Gasteiger partial charge on any atom is -0.478 e. The summed E-state index contributed by atoms with van der Waals surface area (Å²) in [6.45, 7) is 0.881. The fourth-order valence-corrected chi connectivity index (χ4v) is 1.69. The Labute approximate surface area is 135 Å². The Hall–Kier alpha value is -2.55. The molecule has 0 bridgehead atoms. The van der Waals surface area contributed by atoms with Gasteiger partial charge in [0.05, 0.1) is 12.1 Å². The van der Waals surface area contributed by atoms with Crippen molar-refractivity contribution in [2.45, 2.75) is 13.1 Å². The van der Waals surface area contributed by atoms with Gasteiger partial charge in [-0.1, -0.05) is 11.6 Å². The number of alkyl halides is 3. The molecule has 9 heteroatoms. The molecule has 1 amide bonds. The molecular formula is C15H16F3NO5. The molecule has 6 nitrogen and oxygen atoms in total. The molecule has 0 atom stereocenters. The summed E-state index contributed by atoms with van der Waals surface area (Å²) in [5.74, 6) is -3.38. The van der Waals surface area contributed by atoms with Gasteiger partial charge in [-0.15, -0.1) is 0 Å². The molecule has 0 saturated carbocycles. The van der Waals surface area contributed by atoms with Gasteiger partial charge in [0, 0.05) is 12.7 Å². The molecule has 0 radical (unpaired) electrons. The average Bonchev–Trinajstić information content (AvgIpc) is 2.48. The van der Waals surface area contributed by atoms with E-state index in [1.807, 2.05) is 0 Å². The number of rotatable bonds is 7. The molecule has 132 valence electrons. The highest BCUT2D eigenvalue weighted by molar-refractivity contribution is 5.94. The molecule has 2 N–H and O–H groups in total. The van der Waals surface area contributed by atoms with Gasteiger partial charge in [-0.3, -0.25) is 4.79 Å². The number of halogens is 3. The fraction of sp³-hybridized carbons (Fsp3) is 0.333. The number of carbonyl (C=O) groups excluding carboxylic acids is 1. The summed E-state index contributed by atoms with van der Waals surface area (Å²) in [6, 6.07) is 4.89. The molecule has 0 unspecified atom stereocenters. The highest BCUT2D eigenvalue weighted by Crippen LogP contribution is 2.23. The Bertz CT molecular complexity index is 640. The summed E-state index contributed by atoms with van der Waals surface area (Å²) in [7, 11) is 1.40. The third-order valence-electron chi connectivity index (χ3n) is 2.80. The largest absolute Gasteiger partial charge is 0.478 e. The summed E-state index contributed by atoms with van der Waals surface area (Å²) in [5, 5.41) is 10.6. The van der Waals surface area contributed by atoms with Crippen molar-refractivity contribution in [3.8, 4) is 5.75 Å². The zero-order chi connectivity index (χ0) is 18.3. The van der Waals surface area contributed by atoms with Gasteiger partial charge in [0.1, 0.15) is 5.75 Å². The second-order valence-corrected chi connectivity index (χ2v) is 4.75. The zero-order valence-corrected chi connectivity index (χ0v) is 12.9. The number of hydrogen-bond donors (Lipinski definition) is 2. The SMILES string of the molecule is COCOc1ccc(C)cc1C=C(CNC(=O)C(F)(F)F)C(=O)O. The van der Waals surface area contributed by atoms with Crippen LogP contribution in [0.4, 0.5) is 13.2 Å². The predicted octanol–water partition coefficient (Wildman–Crippen LogP) is 2.12. The van der Waals surface area contributed by atoms with E-state index in [1.54, 1.807) is 25.1 Å². The minimum atomic E-state index is -5.08. The van der Waals surface area contributed by atoms with E-state index >= 15 is 0 Å². The molecule has 0 aromatic heterocycles. The fourth-order valence-electron chi connectivity index (χ4n) is 1.69. The highest BCUT2D eigenvalue weighted by atomic mass is 19.4. The zero-order valence-electron chi connectivity index (χ0n) is 12.9. The number of benzene rings is 1. The summed E-state index contributed by atoms with van der Waals surface area (Å²) in [6.07, 6.45) is -3.95. The monoisotopic (exact) mass is 347 g/mol.